The van der Waals surface area contributed by atoms with E-state index in [0.29, 0.717) is 22.5 Å². The van der Waals surface area contributed by atoms with Gasteiger partial charge >= 0.3 is 0 Å². The third kappa shape index (κ3) is 4.29. The molecule has 2 aromatic rings. The number of hydrogen-bond acceptors (Lipinski definition) is 3. The normalized spacial score (nSPS) is 10.3. The van der Waals surface area contributed by atoms with Gasteiger partial charge in [-0.3, -0.25) is 0 Å². The lowest BCUT2D eigenvalue weighted by Crippen LogP contribution is -2.00. The van der Waals surface area contributed by atoms with E-state index in [1.54, 1.807) is 12.1 Å². The van der Waals surface area contributed by atoms with Crippen LogP contribution in [0.25, 0.3) is 0 Å². The van der Waals surface area contributed by atoms with Gasteiger partial charge in [-0.2, -0.15) is 0 Å². The molecule has 0 fully saturated rings. The van der Waals surface area contributed by atoms with Crippen LogP contribution >= 0.6 is 23.2 Å². The lowest BCUT2D eigenvalue weighted by Gasteiger charge is -2.09. The molecule has 0 unspecified atom stereocenters. The Bertz CT molecular complexity index is 558. The first-order valence-electron chi connectivity index (χ1n) is 6.35. The summed E-state index contributed by atoms with van der Waals surface area (Å²) in [5.41, 5.74) is 0.616. The molecule has 0 radical (unpaired) electrons. The number of nitrogens with zero attached hydrogens (tertiary/aromatic N) is 1. The van der Waals surface area contributed by atoms with Crippen molar-refractivity contribution in [2.75, 3.05) is 6.61 Å². The van der Waals surface area contributed by atoms with Crippen LogP contribution in [0, 0.1) is 0 Å². The van der Waals surface area contributed by atoms with Gasteiger partial charge in [0.2, 0.25) is 0 Å². The molecule has 1 heterocycles. The molecule has 0 amide bonds. The maximum absolute atomic E-state index is 6.02. The van der Waals surface area contributed by atoms with Crippen LogP contribution in [0.2, 0.25) is 10.2 Å². The maximum Gasteiger partial charge on any atom is 0.132 e. The Balaban J connectivity index is 1.95. The second-order valence-electron chi connectivity index (χ2n) is 4.17. The first-order valence-corrected chi connectivity index (χ1v) is 7.11. The molecule has 3 nitrogen and oxygen atoms in total. The molecule has 0 bridgehead atoms. The van der Waals surface area contributed by atoms with E-state index in [4.69, 9.17) is 32.7 Å². The van der Waals surface area contributed by atoms with Gasteiger partial charge in [-0.15, -0.1) is 0 Å². The zero-order valence-electron chi connectivity index (χ0n) is 11.1. The summed E-state index contributed by atoms with van der Waals surface area (Å²) >= 11 is 11.8. The highest BCUT2D eigenvalue weighted by atomic mass is 35.5. The first-order chi connectivity index (χ1) is 9.69. The van der Waals surface area contributed by atoms with Gasteiger partial charge in [-0.1, -0.05) is 30.1 Å². The molecule has 5 heteroatoms. The molecule has 106 valence electrons. The summed E-state index contributed by atoms with van der Waals surface area (Å²) in [5, 5.41) is 0.939. The largest absolute Gasteiger partial charge is 0.494 e. The molecule has 0 atom stereocenters. The highest BCUT2D eigenvalue weighted by Crippen LogP contribution is 2.21. The zero-order chi connectivity index (χ0) is 14.4. The molecule has 0 spiro atoms. The van der Waals surface area contributed by atoms with Gasteiger partial charge in [-0.25, -0.2) is 4.98 Å². The second-order valence-corrected chi connectivity index (χ2v) is 4.97. The lowest BCUT2D eigenvalue weighted by molar-refractivity contribution is 0.297. The quantitative estimate of drug-likeness (QED) is 0.721. The number of halogens is 2. The fraction of sp³-hybridized carbons (Fsp3) is 0.267. The average Bonchev–Trinajstić information content (AvgIpc) is 2.47. The Morgan fingerprint density at radius 2 is 1.60 bits per heavy atom. The van der Waals surface area contributed by atoms with Crippen molar-refractivity contribution in [1.29, 1.82) is 0 Å². The molecule has 0 saturated carbocycles. The van der Waals surface area contributed by atoms with Crippen LogP contribution < -0.4 is 9.47 Å². The first kappa shape index (κ1) is 14.9. The van der Waals surface area contributed by atoms with E-state index < -0.39 is 0 Å². The molecule has 0 aliphatic rings. The summed E-state index contributed by atoms with van der Waals surface area (Å²) in [4.78, 5) is 4.13. The monoisotopic (exact) mass is 311 g/mol. The fourth-order valence-electron chi connectivity index (χ4n) is 1.56. The topological polar surface area (TPSA) is 31.4 Å². The summed E-state index contributed by atoms with van der Waals surface area (Å²) in [7, 11) is 0. The van der Waals surface area contributed by atoms with E-state index in [0.717, 1.165) is 17.9 Å². The Morgan fingerprint density at radius 3 is 2.25 bits per heavy atom. The molecule has 0 aliphatic carbocycles. The van der Waals surface area contributed by atoms with Gasteiger partial charge in [0, 0.05) is 0 Å². The van der Waals surface area contributed by atoms with E-state index in [9.17, 15) is 0 Å². The lowest BCUT2D eigenvalue weighted by atomic mass is 10.3. The SMILES string of the molecule is CCCOc1ccc(OCc2nc(Cl)ccc2Cl)cc1. The number of benzene rings is 1. The van der Waals surface area contributed by atoms with Crippen LogP contribution in [0.15, 0.2) is 36.4 Å². The van der Waals surface area contributed by atoms with Crippen LogP contribution in [-0.4, -0.2) is 11.6 Å². The Morgan fingerprint density at radius 1 is 0.950 bits per heavy atom. The number of hydrogen-bond donors (Lipinski definition) is 0. The number of ether oxygens (including phenoxy) is 2. The second kappa shape index (κ2) is 7.36. The van der Waals surface area contributed by atoms with Gasteiger partial charge in [0.1, 0.15) is 23.3 Å². The van der Waals surface area contributed by atoms with Gasteiger partial charge in [0.25, 0.3) is 0 Å². The van der Waals surface area contributed by atoms with Crippen LogP contribution in [0.3, 0.4) is 0 Å². The van der Waals surface area contributed by atoms with E-state index in [1.165, 1.54) is 0 Å². The molecule has 20 heavy (non-hydrogen) atoms. The summed E-state index contributed by atoms with van der Waals surface area (Å²) in [6, 6.07) is 10.8. The highest BCUT2D eigenvalue weighted by Gasteiger charge is 2.04. The molecular weight excluding hydrogens is 297 g/mol. The van der Waals surface area contributed by atoms with Crippen molar-refractivity contribution in [3.63, 3.8) is 0 Å². The number of rotatable bonds is 6. The van der Waals surface area contributed by atoms with E-state index >= 15 is 0 Å². The Hall–Kier alpha value is -1.45. The summed E-state index contributed by atoms with van der Waals surface area (Å²) < 4.78 is 11.1. The van der Waals surface area contributed by atoms with Crippen LogP contribution in [-0.2, 0) is 6.61 Å². The zero-order valence-corrected chi connectivity index (χ0v) is 12.6. The summed E-state index contributed by atoms with van der Waals surface area (Å²) in [6.45, 7) is 3.05. The van der Waals surface area contributed by atoms with Crippen molar-refractivity contribution >= 4 is 23.2 Å². The predicted molar refractivity (Wildman–Crippen MR) is 80.8 cm³/mol. The molecule has 0 saturated heterocycles. The molecular formula is C15H15Cl2NO2. The van der Waals surface area contributed by atoms with Crippen molar-refractivity contribution < 1.29 is 9.47 Å². The van der Waals surface area contributed by atoms with E-state index in [1.807, 2.05) is 24.3 Å². The Labute approximate surface area is 128 Å². The van der Waals surface area contributed by atoms with Crippen molar-refractivity contribution in [1.82, 2.24) is 4.98 Å². The smallest absolute Gasteiger partial charge is 0.132 e. The van der Waals surface area contributed by atoms with Crippen LogP contribution in [0.5, 0.6) is 11.5 Å². The predicted octanol–water partition coefficient (Wildman–Crippen LogP) is 4.76. The average molecular weight is 312 g/mol. The Kier molecular flexibility index (Phi) is 5.50. The van der Waals surface area contributed by atoms with E-state index in [-0.39, 0.29) is 6.61 Å². The third-order valence-electron chi connectivity index (χ3n) is 2.56. The van der Waals surface area contributed by atoms with Gasteiger partial charge < -0.3 is 9.47 Å². The van der Waals surface area contributed by atoms with Gasteiger partial charge in [0.15, 0.2) is 0 Å². The highest BCUT2D eigenvalue weighted by molar-refractivity contribution is 6.32. The molecule has 1 aromatic carbocycles. The molecule has 0 aliphatic heterocycles. The van der Waals surface area contributed by atoms with Crippen LogP contribution in [0.1, 0.15) is 19.0 Å². The standard InChI is InChI=1S/C15H15Cl2NO2/c1-2-9-19-11-3-5-12(6-4-11)20-10-14-13(16)7-8-15(17)18-14/h3-8H,2,9-10H2,1H3. The minimum atomic E-state index is 0.272. The van der Waals surface area contributed by atoms with Crippen molar-refractivity contribution in [2.45, 2.75) is 20.0 Å². The minimum absolute atomic E-state index is 0.272. The number of aromatic nitrogens is 1. The van der Waals surface area contributed by atoms with E-state index in [2.05, 4.69) is 11.9 Å². The number of pyridine rings is 1. The maximum atomic E-state index is 6.02. The van der Waals surface area contributed by atoms with Crippen molar-refractivity contribution in [3.8, 4) is 11.5 Å². The van der Waals surface area contributed by atoms with Crippen LogP contribution in [0.4, 0.5) is 0 Å². The minimum Gasteiger partial charge on any atom is -0.494 e. The van der Waals surface area contributed by atoms with Gasteiger partial charge in [-0.05, 0) is 42.8 Å². The summed E-state index contributed by atoms with van der Waals surface area (Å²) in [6.07, 6.45) is 0.983. The van der Waals surface area contributed by atoms with Crippen molar-refractivity contribution in [3.05, 3.63) is 52.3 Å². The third-order valence-corrected chi connectivity index (χ3v) is 3.11. The fourth-order valence-corrected chi connectivity index (χ4v) is 1.89. The van der Waals surface area contributed by atoms with Crippen molar-refractivity contribution in [2.24, 2.45) is 0 Å². The van der Waals surface area contributed by atoms with Gasteiger partial charge in [0.05, 0.1) is 17.3 Å². The summed E-state index contributed by atoms with van der Waals surface area (Å²) in [5.74, 6) is 1.56. The molecule has 2 rings (SSSR count). The molecule has 1 aromatic heterocycles. The molecule has 0 N–H and O–H groups in total.